The molecule has 0 fully saturated rings. The Labute approximate surface area is 470 Å². The van der Waals surface area contributed by atoms with Crippen LogP contribution in [0.25, 0.3) is 21.5 Å². The molecule has 8 aromatic carbocycles. The van der Waals surface area contributed by atoms with Gasteiger partial charge in [0.15, 0.2) is 5.75 Å². The summed E-state index contributed by atoms with van der Waals surface area (Å²) in [4.78, 5) is 25.0. The first kappa shape index (κ1) is 57.6. The number of phenolic OH excluding ortho intramolecular Hbond substituents is 1. The molecule has 4 N–H and O–H groups in total. The minimum Gasteiger partial charge on any atom is -0.870 e. The molecule has 8 rings (SSSR count). The van der Waals surface area contributed by atoms with E-state index in [1.807, 2.05) is 6.92 Å². The zero-order valence-electron chi connectivity index (χ0n) is 40.2. The molecule has 0 heterocycles. The van der Waals surface area contributed by atoms with Crippen LogP contribution in [0.4, 0.5) is 34.1 Å². The van der Waals surface area contributed by atoms with Gasteiger partial charge in [-0.3, -0.25) is 14.1 Å². The number of nitrogens with one attached hydrogen (secondary N) is 2. The summed E-state index contributed by atoms with van der Waals surface area (Å²) in [7, 11) is -6.41. The zero-order valence-corrected chi connectivity index (χ0v) is 45.5. The quantitative estimate of drug-likeness (QED) is 0.0449. The van der Waals surface area contributed by atoms with Crippen molar-refractivity contribution in [3.05, 3.63) is 166 Å². The number of aryl methyl sites for hydroxylation is 2. The smallest absolute Gasteiger partial charge is 0.870 e. The van der Waals surface area contributed by atoms with Gasteiger partial charge in [0.25, 0.3) is 21.9 Å². The predicted octanol–water partition coefficient (Wildman–Crippen LogP) is 12.0. The summed E-state index contributed by atoms with van der Waals surface area (Å²) in [6.45, 7) is 3.60. The van der Waals surface area contributed by atoms with Crippen LogP contribution in [-0.2, 0) is 33.1 Å². The van der Waals surface area contributed by atoms with E-state index in [0.717, 1.165) is 6.07 Å². The van der Waals surface area contributed by atoms with Gasteiger partial charge in [0.1, 0.15) is 43.6 Å². The van der Waals surface area contributed by atoms with E-state index in [1.165, 1.54) is 44.6 Å². The number of carbonyl (C=O) groups is 2. The maximum absolute atomic E-state index is 13.4. The minimum absolute atomic E-state index is 0. The Kier molecular flexibility index (Phi) is 19.0. The number of ether oxygens (including phenoxy) is 2. The molecule has 0 saturated heterocycles. The Morgan fingerprint density at radius 1 is 0.587 bits per heavy atom. The van der Waals surface area contributed by atoms with E-state index in [1.54, 1.807) is 104 Å². The Bertz CT molecular complexity index is 3530. The van der Waals surface area contributed by atoms with Crippen LogP contribution >= 0.6 is 23.2 Å². The Morgan fingerprint density at radius 2 is 0.987 bits per heavy atom. The molecule has 23 heteroatoms. The van der Waals surface area contributed by atoms with Crippen LogP contribution in [0.2, 0.25) is 10.0 Å². The average Bonchev–Trinajstić information content (AvgIpc) is 3.38. The fraction of sp³-hybridized carbons (Fsp3) is 0.115. The molecule has 0 saturated carbocycles. The molecule has 0 aliphatic heterocycles. The molecule has 0 atom stereocenters. The second-order valence-electron chi connectivity index (χ2n) is 15.8. The third-order valence-electron chi connectivity index (χ3n) is 11.3. The molecule has 0 spiro atoms. The number of methoxy groups -OCH3 is 2. The van der Waals surface area contributed by atoms with Gasteiger partial charge in [-0.25, -0.2) is 8.42 Å². The van der Waals surface area contributed by atoms with Crippen molar-refractivity contribution in [1.29, 1.82) is 0 Å². The van der Waals surface area contributed by atoms with E-state index < -0.39 is 53.3 Å². The number of phenols is 1. The third kappa shape index (κ3) is 13.2. The van der Waals surface area contributed by atoms with Gasteiger partial charge in [0.2, 0.25) is 0 Å². The van der Waals surface area contributed by atoms with Crippen molar-refractivity contribution in [2.45, 2.75) is 36.5 Å². The van der Waals surface area contributed by atoms with Gasteiger partial charge in [0, 0.05) is 27.7 Å². The van der Waals surface area contributed by atoms with Crippen LogP contribution in [0.5, 0.6) is 23.0 Å². The van der Waals surface area contributed by atoms with Crippen LogP contribution in [0, 0.1) is 0 Å². The second-order valence-corrected chi connectivity index (χ2v) is 19.3. The van der Waals surface area contributed by atoms with E-state index in [4.69, 9.17) is 32.7 Å². The number of azo groups is 2. The maximum atomic E-state index is 13.4. The number of anilines is 2. The van der Waals surface area contributed by atoms with E-state index in [-0.39, 0.29) is 81.7 Å². The van der Waals surface area contributed by atoms with E-state index in [0.29, 0.717) is 68.4 Å². The van der Waals surface area contributed by atoms with Crippen molar-refractivity contribution in [2.75, 3.05) is 24.9 Å². The molecule has 0 radical (unpaired) electrons. The van der Waals surface area contributed by atoms with Gasteiger partial charge in [-0.15, -0.1) is 15.3 Å². The molecule has 18 nitrogen and oxygen atoms in total. The number of hydrogen-bond donors (Lipinski definition) is 4. The van der Waals surface area contributed by atoms with Crippen molar-refractivity contribution >= 4 is 149 Å². The van der Waals surface area contributed by atoms with Crippen molar-refractivity contribution in [3.8, 4) is 23.0 Å². The standard InChI is InChI=1S/2C26H22ClN3O6S.Ca/c2*1-3-15-8-13-21(37(33,34)35)22(27)23(15)29-30-24-19-7-5-4-6-16(19)14-20(25(24)31)26(32)28-17-9-11-18(36-2)12-10-17;/h2*4-14,31H,3H2,1-2H3,(H,28,32)(H,33,34,35);/q;;+2/p-2. The largest absolute Gasteiger partial charge is 2.00 e. The van der Waals surface area contributed by atoms with Crippen molar-refractivity contribution in [1.82, 2.24) is 0 Å². The van der Waals surface area contributed by atoms with Crippen LogP contribution in [0.1, 0.15) is 45.7 Å². The number of nitrogens with zero attached hydrogens (tertiary/aromatic N) is 4. The third-order valence-corrected chi connectivity index (χ3v) is 14.1. The first-order valence-electron chi connectivity index (χ1n) is 22.1. The zero-order chi connectivity index (χ0) is 53.5. The van der Waals surface area contributed by atoms with E-state index in [2.05, 4.69) is 31.1 Å². The number of hydrogen-bond acceptors (Lipinski definition) is 15. The molecule has 75 heavy (non-hydrogen) atoms. The molecule has 0 unspecified atom stereocenters. The normalized spacial score (nSPS) is 11.5. The van der Waals surface area contributed by atoms with Crippen LogP contribution in [-0.4, -0.2) is 94.8 Å². The number of carbonyl (C=O) groups excluding carboxylic acids is 2. The Hall–Kier alpha value is -6.72. The molecular weight excluding hydrogens is 1080 g/mol. The number of amides is 2. The minimum atomic E-state index is -4.87. The van der Waals surface area contributed by atoms with Gasteiger partial charge in [-0.1, -0.05) is 103 Å². The molecule has 0 bridgehead atoms. The van der Waals surface area contributed by atoms with Gasteiger partial charge in [0.05, 0.1) is 40.4 Å². The van der Waals surface area contributed by atoms with Gasteiger partial charge < -0.3 is 34.9 Å². The van der Waals surface area contributed by atoms with Crippen LogP contribution < -0.4 is 25.2 Å². The SMILES string of the molecule is CCc1ccc(S(=O)(=O)O)c(Cl)c1N=Nc1c(O)c(C(=O)Nc2ccc(OC)cc2)cc2ccccc12.CCc1ccc(S(=O)(=O)[O-])c(Cl)c1N=Nc1c([O-])c(C(=O)Nc2ccc(OC)cc2)cc2ccccc12.[Ca+2]. The number of aromatic hydroxyl groups is 1. The second kappa shape index (κ2) is 24.7. The summed E-state index contributed by atoms with van der Waals surface area (Å²) in [5, 5.41) is 47.8. The summed E-state index contributed by atoms with van der Waals surface area (Å²) >= 11 is 12.5. The van der Waals surface area contributed by atoms with Crippen molar-refractivity contribution < 1.29 is 55.2 Å². The summed E-state index contributed by atoms with van der Waals surface area (Å²) in [5.41, 5.74) is 1.66. The maximum Gasteiger partial charge on any atom is 2.00 e. The average molecular weight is 1120 g/mol. The molecule has 2 amide bonds. The van der Waals surface area contributed by atoms with E-state index in [9.17, 15) is 45.7 Å². The number of rotatable bonds is 14. The summed E-state index contributed by atoms with van der Waals surface area (Å²) in [5.74, 6) is -1.11. The first-order valence-corrected chi connectivity index (χ1v) is 25.7. The Balaban J connectivity index is 0.000000241. The number of halogens is 2. The summed E-state index contributed by atoms with van der Waals surface area (Å²) in [6, 6.07) is 35.2. The predicted molar refractivity (Wildman–Crippen MR) is 284 cm³/mol. The molecule has 0 aromatic heterocycles. The van der Waals surface area contributed by atoms with Gasteiger partial charge in [-0.2, -0.15) is 13.5 Å². The van der Waals surface area contributed by atoms with Crippen LogP contribution in [0.3, 0.4) is 0 Å². The topological polar surface area (TPSA) is 281 Å². The monoisotopic (exact) mass is 1120 g/mol. The fourth-order valence-corrected chi connectivity index (χ4v) is 9.60. The number of fused-ring (bicyclic) bond motifs is 2. The summed E-state index contributed by atoms with van der Waals surface area (Å²) < 4.78 is 78.0. The Morgan fingerprint density at radius 3 is 1.44 bits per heavy atom. The molecule has 8 aromatic rings. The van der Waals surface area contributed by atoms with Crippen molar-refractivity contribution in [3.63, 3.8) is 0 Å². The molecule has 0 aliphatic carbocycles. The van der Waals surface area contributed by atoms with Gasteiger partial charge in [-0.05, 0) is 108 Å². The first-order chi connectivity index (χ1) is 35.3. The van der Waals surface area contributed by atoms with Crippen molar-refractivity contribution in [2.24, 2.45) is 20.5 Å². The van der Waals surface area contributed by atoms with Crippen LogP contribution in [0.15, 0.2) is 164 Å². The molecule has 0 aliphatic rings. The van der Waals surface area contributed by atoms with Gasteiger partial charge >= 0.3 is 37.7 Å². The number of benzene rings is 8. The summed E-state index contributed by atoms with van der Waals surface area (Å²) in [6.07, 6.45) is 0.847. The van der Waals surface area contributed by atoms with E-state index >= 15 is 0 Å². The fourth-order valence-electron chi connectivity index (χ4n) is 7.47. The molecule has 380 valence electrons. The molecular formula is C52H42CaCl2N6O12S2.